The number of benzene rings is 1. The Labute approximate surface area is 136 Å². The van der Waals surface area contributed by atoms with E-state index in [9.17, 15) is 0 Å². The number of hydrogen-bond donors (Lipinski definition) is 1. The largest absolute Gasteiger partial charge is 0.306 e. The van der Waals surface area contributed by atoms with Crippen molar-refractivity contribution < 1.29 is 0 Å². The fraction of sp³-hybridized carbons (Fsp3) is 0.444. The second-order valence-electron chi connectivity index (χ2n) is 5.67. The first-order valence-corrected chi connectivity index (χ1v) is 9.08. The molecule has 0 aliphatic heterocycles. The van der Waals surface area contributed by atoms with E-state index in [1.807, 2.05) is 23.5 Å². The van der Waals surface area contributed by atoms with Crippen LogP contribution in [0.25, 0.3) is 0 Å². The molecule has 3 heteroatoms. The molecule has 0 fully saturated rings. The highest BCUT2D eigenvalue weighted by Gasteiger charge is 2.21. The number of thiophene rings is 1. The van der Waals surface area contributed by atoms with Crippen molar-refractivity contribution in [1.82, 2.24) is 5.32 Å². The van der Waals surface area contributed by atoms with Crippen molar-refractivity contribution in [2.75, 3.05) is 6.54 Å². The van der Waals surface area contributed by atoms with Crippen LogP contribution in [0.2, 0.25) is 5.02 Å². The molecule has 1 aromatic carbocycles. The van der Waals surface area contributed by atoms with Gasteiger partial charge in [-0.15, -0.1) is 11.3 Å². The van der Waals surface area contributed by atoms with Crippen molar-refractivity contribution in [3.8, 4) is 0 Å². The average molecular weight is 320 g/mol. The van der Waals surface area contributed by atoms with Gasteiger partial charge in [0.05, 0.1) is 6.04 Å². The SMILES string of the molecule is CCNC(c1cc2c(s1)CCCCC2)c1ccccc1Cl. The standard InChI is InChI=1S/C18H22ClNS/c1-2-20-18(14-9-6-7-10-15(14)19)17-12-13-8-4-3-5-11-16(13)21-17/h6-7,9-10,12,18,20H,2-5,8,11H2,1H3. The maximum atomic E-state index is 6.42. The molecular weight excluding hydrogens is 298 g/mol. The van der Waals surface area contributed by atoms with Gasteiger partial charge in [0.2, 0.25) is 0 Å². The molecule has 112 valence electrons. The Hall–Kier alpha value is -0.830. The smallest absolute Gasteiger partial charge is 0.0685 e. The minimum Gasteiger partial charge on any atom is -0.306 e. The first kappa shape index (κ1) is 15.1. The highest BCUT2D eigenvalue weighted by atomic mass is 35.5. The summed E-state index contributed by atoms with van der Waals surface area (Å²) in [6, 6.07) is 10.8. The molecule has 1 aliphatic rings. The van der Waals surface area contributed by atoms with Crippen molar-refractivity contribution in [3.05, 3.63) is 56.2 Å². The van der Waals surface area contributed by atoms with Crippen molar-refractivity contribution in [2.45, 2.75) is 45.1 Å². The summed E-state index contributed by atoms with van der Waals surface area (Å²) in [7, 11) is 0. The van der Waals surface area contributed by atoms with E-state index in [1.165, 1.54) is 42.5 Å². The van der Waals surface area contributed by atoms with Crippen LogP contribution in [-0.4, -0.2) is 6.54 Å². The second kappa shape index (κ2) is 6.95. The summed E-state index contributed by atoms with van der Waals surface area (Å²) in [5.74, 6) is 0. The zero-order valence-corrected chi connectivity index (χ0v) is 14.1. The average Bonchev–Trinajstić information content (AvgIpc) is 2.76. The predicted octanol–water partition coefficient (Wildman–Crippen LogP) is 5.37. The van der Waals surface area contributed by atoms with Crippen LogP contribution >= 0.6 is 22.9 Å². The number of aryl methyl sites for hydroxylation is 2. The quantitative estimate of drug-likeness (QED) is 0.747. The molecular formula is C18H22ClNS. The molecule has 0 amide bonds. The number of halogens is 1. The number of hydrogen-bond acceptors (Lipinski definition) is 2. The molecule has 21 heavy (non-hydrogen) atoms. The van der Waals surface area contributed by atoms with Crippen molar-refractivity contribution in [3.63, 3.8) is 0 Å². The molecule has 2 aromatic rings. The Bertz CT molecular complexity index is 582. The molecule has 0 saturated heterocycles. The number of nitrogens with one attached hydrogen (secondary N) is 1. The summed E-state index contributed by atoms with van der Waals surface area (Å²) < 4.78 is 0. The van der Waals surface area contributed by atoms with E-state index in [4.69, 9.17) is 11.6 Å². The van der Waals surface area contributed by atoms with E-state index in [-0.39, 0.29) is 6.04 Å². The zero-order valence-electron chi connectivity index (χ0n) is 12.5. The van der Waals surface area contributed by atoms with Gasteiger partial charge in [-0.25, -0.2) is 0 Å². The first-order chi connectivity index (χ1) is 10.3. The summed E-state index contributed by atoms with van der Waals surface area (Å²) in [6.45, 7) is 3.10. The lowest BCUT2D eigenvalue weighted by atomic mass is 10.0. The summed E-state index contributed by atoms with van der Waals surface area (Å²) in [4.78, 5) is 3.01. The molecule has 3 rings (SSSR count). The molecule has 1 aromatic heterocycles. The lowest BCUT2D eigenvalue weighted by Crippen LogP contribution is -2.21. The summed E-state index contributed by atoms with van der Waals surface area (Å²) in [6.07, 6.45) is 6.54. The highest BCUT2D eigenvalue weighted by molar-refractivity contribution is 7.12. The van der Waals surface area contributed by atoms with Gasteiger partial charge < -0.3 is 5.32 Å². The Kier molecular flexibility index (Phi) is 4.99. The Morgan fingerprint density at radius 3 is 2.81 bits per heavy atom. The molecule has 1 N–H and O–H groups in total. The molecule has 1 nitrogen and oxygen atoms in total. The van der Waals surface area contributed by atoms with E-state index in [2.05, 4.69) is 30.4 Å². The van der Waals surface area contributed by atoms with Crippen molar-refractivity contribution >= 4 is 22.9 Å². The van der Waals surface area contributed by atoms with E-state index >= 15 is 0 Å². The highest BCUT2D eigenvalue weighted by Crippen LogP contribution is 2.36. The fourth-order valence-corrected chi connectivity index (χ4v) is 4.71. The fourth-order valence-electron chi connectivity index (χ4n) is 3.11. The van der Waals surface area contributed by atoms with Crippen LogP contribution in [0, 0.1) is 0 Å². The van der Waals surface area contributed by atoms with Gasteiger partial charge in [0.25, 0.3) is 0 Å². The Morgan fingerprint density at radius 2 is 2.00 bits per heavy atom. The zero-order chi connectivity index (χ0) is 14.7. The molecule has 1 aliphatic carbocycles. The molecule has 0 saturated carbocycles. The molecule has 0 spiro atoms. The lowest BCUT2D eigenvalue weighted by molar-refractivity contribution is 0.639. The summed E-state index contributed by atoms with van der Waals surface area (Å²) >= 11 is 8.40. The minimum absolute atomic E-state index is 0.223. The summed E-state index contributed by atoms with van der Waals surface area (Å²) in [5.41, 5.74) is 2.76. The third kappa shape index (κ3) is 3.33. The van der Waals surface area contributed by atoms with Gasteiger partial charge in [-0.2, -0.15) is 0 Å². The molecule has 1 heterocycles. The van der Waals surface area contributed by atoms with E-state index < -0.39 is 0 Å². The molecule has 1 atom stereocenters. The lowest BCUT2D eigenvalue weighted by Gasteiger charge is -2.18. The van der Waals surface area contributed by atoms with Gasteiger partial charge in [-0.1, -0.05) is 43.1 Å². The van der Waals surface area contributed by atoms with Crippen molar-refractivity contribution in [1.29, 1.82) is 0 Å². The minimum atomic E-state index is 0.223. The Balaban J connectivity index is 1.96. The van der Waals surface area contributed by atoms with Crippen LogP contribution < -0.4 is 5.32 Å². The van der Waals surface area contributed by atoms with Gasteiger partial charge in [-0.05, 0) is 55.5 Å². The third-order valence-corrected chi connectivity index (χ3v) is 5.82. The topological polar surface area (TPSA) is 12.0 Å². The molecule has 0 radical (unpaired) electrons. The third-order valence-electron chi connectivity index (χ3n) is 4.17. The van der Waals surface area contributed by atoms with Crippen LogP contribution in [-0.2, 0) is 12.8 Å². The summed E-state index contributed by atoms with van der Waals surface area (Å²) in [5, 5.41) is 4.46. The van der Waals surface area contributed by atoms with E-state index in [1.54, 1.807) is 10.4 Å². The van der Waals surface area contributed by atoms with Gasteiger partial charge in [0.15, 0.2) is 0 Å². The maximum absolute atomic E-state index is 6.42. The molecule has 1 unspecified atom stereocenters. The van der Waals surface area contributed by atoms with Gasteiger partial charge in [0, 0.05) is 14.8 Å². The van der Waals surface area contributed by atoms with Gasteiger partial charge in [0.1, 0.15) is 0 Å². The van der Waals surface area contributed by atoms with Crippen LogP contribution in [0.1, 0.15) is 53.1 Å². The predicted molar refractivity (Wildman–Crippen MR) is 92.5 cm³/mol. The monoisotopic (exact) mass is 319 g/mol. The van der Waals surface area contributed by atoms with Crippen LogP contribution in [0.3, 0.4) is 0 Å². The van der Waals surface area contributed by atoms with E-state index in [0.29, 0.717) is 0 Å². The van der Waals surface area contributed by atoms with Gasteiger partial charge in [-0.3, -0.25) is 0 Å². The number of rotatable bonds is 4. The van der Waals surface area contributed by atoms with E-state index in [0.717, 1.165) is 11.6 Å². The molecule has 0 bridgehead atoms. The van der Waals surface area contributed by atoms with Crippen molar-refractivity contribution in [2.24, 2.45) is 0 Å². The number of fused-ring (bicyclic) bond motifs is 1. The first-order valence-electron chi connectivity index (χ1n) is 7.89. The van der Waals surface area contributed by atoms with Crippen LogP contribution in [0.15, 0.2) is 30.3 Å². The Morgan fingerprint density at radius 1 is 1.19 bits per heavy atom. The van der Waals surface area contributed by atoms with Crippen LogP contribution in [0.5, 0.6) is 0 Å². The normalized spacial score (nSPS) is 16.3. The second-order valence-corrected chi connectivity index (χ2v) is 7.25. The van der Waals surface area contributed by atoms with Crippen LogP contribution in [0.4, 0.5) is 0 Å². The van der Waals surface area contributed by atoms with Gasteiger partial charge >= 0.3 is 0 Å². The maximum Gasteiger partial charge on any atom is 0.0685 e.